The molecule has 186 valence electrons. The van der Waals surface area contributed by atoms with Crippen LogP contribution in [0.2, 0.25) is 0 Å². The second-order valence-electron chi connectivity index (χ2n) is 8.33. The molecule has 4 aromatic rings. The van der Waals surface area contributed by atoms with Crippen molar-refractivity contribution in [3.8, 4) is 17.2 Å². The van der Waals surface area contributed by atoms with Crippen LogP contribution in [0.15, 0.2) is 72.9 Å². The summed E-state index contributed by atoms with van der Waals surface area (Å²) in [6.07, 6.45) is 1.16. The highest BCUT2D eigenvalue weighted by Gasteiger charge is 2.24. The van der Waals surface area contributed by atoms with Gasteiger partial charge >= 0.3 is 0 Å². The van der Waals surface area contributed by atoms with Gasteiger partial charge < -0.3 is 20.1 Å². The lowest BCUT2D eigenvalue weighted by Gasteiger charge is -2.27. The maximum absolute atomic E-state index is 13.3. The van der Waals surface area contributed by atoms with Gasteiger partial charge in [0.1, 0.15) is 23.4 Å². The van der Waals surface area contributed by atoms with E-state index in [0.717, 1.165) is 22.2 Å². The Labute approximate surface area is 208 Å². The fraction of sp³-hybridized carbons (Fsp3) is 0.222. The number of fused-ring (bicyclic) bond motifs is 1. The van der Waals surface area contributed by atoms with E-state index in [9.17, 15) is 14.0 Å². The molecule has 0 aliphatic heterocycles. The molecule has 0 radical (unpaired) electrons. The number of carbonyl (C=O) groups is 2. The molecule has 3 aromatic carbocycles. The van der Waals surface area contributed by atoms with Crippen molar-refractivity contribution < 1.29 is 23.5 Å². The average Bonchev–Trinajstić information content (AvgIpc) is 3.29. The molecule has 8 nitrogen and oxygen atoms in total. The van der Waals surface area contributed by atoms with Gasteiger partial charge in [-0.2, -0.15) is 5.10 Å². The number of amides is 2. The van der Waals surface area contributed by atoms with Gasteiger partial charge in [-0.1, -0.05) is 12.1 Å². The molecule has 9 heteroatoms. The molecule has 0 bridgehead atoms. The van der Waals surface area contributed by atoms with Crippen LogP contribution in [0.1, 0.15) is 25.5 Å². The van der Waals surface area contributed by atoms with E-state index < -0.39 is 12.1 Å². The van der Waals surface area contributed by atoms with Gasteiger partial charge in [-0.05, 0) is 67.1 Å². The van der Waals surface area contributed by atoms with Crippen LogP contribution in [0.3, 0.4) is 0 Å². The SMILES string of the molecule is COc1cccc([C@H](Oc2ccc3c(cnn3-c3ccc(F)cc3)c2)[C@H](C)NC(=O)CNC(C)=O)c1. The third-order valence-electron chi connectivity index (χ3n) is 5.64. The fourth-order valence-electron chi connectivity index (χ4n) is 3.88. The van der Waals surface area contributed by atoms with Crippen LogP contribution in [-0.2, 0) is 9.59 Å². The largest absolute Gasteiger partial charge is 0.497 e. The molecule has 0 unspecified atom stereocenters. The van der Waals surface area contributed by atoms with Crippen molar-refractivity contribution in [1.29, 1.82) is 0 Å². The highest BCUT2D eigenvalue weighted by molar-refractivity contribution is 5.84. The number of rotatable bonds is 9. The molecule has 0 spiro atoms. The van der Waals surface area contributed by atoms with E-state index in [4.69, 9.17) is 9.47 Å². The summed E-state index contributed by atoms with van der Waals surface area (Å²) in [6.45, 7) is 3.06. The summed E-state index contributed by atoms with van der Waals surface area (Å²) in [5.74, 6) is 0.316. The minimum atomic E-state index is -0.550. The molecule has 0 saturated heterocycles. The summed E-state index contributed by atoms with van der Waals surface area (Å²) in [6, 6.07) is 18.7. The van der Waals surface area contributed by atoms with Gasteiger partial charge in [0.2, 0.25) is 11.8 Å². The van der Waals surface area contributed by atoms with Crippen LogP contribution in [0.4, 0.5) is 4.39 Å². The minimum absolute atomic E-state index is 0.126. The fourth-order valence-corrected chi connectivity index (χ4v) is 3.88. The zero-order valence-corrected chi connectivity index (χ0v) is 20.2. The summed E-state index contributed by atoms with van der Waals surface area (Å²) in [5, 5.41) is 10.7. The molecule has 0 aliphatic carbocycles. The van der Waals surface area contributed by atoms with Crippen molar-refractivity contribution >= 4 is 22.7 Å². The third-order valence-corrected chi connectivity index (χ3v) is 5.64. The van der Waals surface area contributed by atoms with Gasteiger partial charge in [0.15, 0.2) is 0 Å². The molecular formula is C27H27FN4O4. The van der Waals surface area contributed by atoms with E-state index in [-0.39, 0.29) is 24.2 Å². The third kappa shape index (κ3) is 5.80. The van der Waals surface area contributed by atoms with Crippen LogP contribution in [-0.4, -0.2) is 41.3 Å². The molecule has 0 aliphatic rings. The first-order valence-corrected chi connectivity index (χ1v) is 11.4. The lowest BCUT2D eigenvalue weighted by Crippen LogP contribution is -2.44. The maximum atomic E-state index is 13.3. The Balaban J connectivity index is 1.60. The maximum Gasteiger partial charge on any atom is 0.239 e. The Bertz CT molecular complexity index is 1370. The van der Waals surface area contributed by atoms with E-state index in [1.165, 1.54) is 19.1 Å². The molecule has 4 rings (SSSR count). The molecular weight excluding hydrogens is 463 g/mol. The van der Waals surface area contributed by atoms with Crippen LogP contribution in [0, 0.1) is 5.82 Å². The lowest BCUT2D eigenvalue weighted by atomic mass is 10.0. The molecule has 1 aromatic heterocycles. The van der Waals surface area contributed by atoms with E-state index in [2.05, 4.69) is 15.7 Å². The van der Waals surface area contributed by atoms with Gasteiger partial charge in [-0.3, -0.25) is 9.59 Å². The van der Waals surface area contributed by atoms with Crippen LogP contribution in [0.5, 0.6) is 11.5 Å². The van der Waals surface area contributed by atoms with Gasteiger partial charge in [0.25, 0.3) is 0 Å². The van der Waals surface area contributed by atoms with E-state index in [0.29, 0.717) is 11.5 Å². The molecule has 2 amide bonds. The van der Waals surface area contributed by atoms with Crippen molar-refractivity contribution in [2.24, 2.45) is 0 Å². The quantitative estimate of drug-likeness (QED) is 0.371. The number of carbonyl (C=O) groups excluding carboxylic acids is 2. The van der Waals surface area contributed by atoms with Crippen molar-refractivity contribution in [3.63, 3.8) is 0 Å². The average molecular weight is 491 g/mol. The molecule has 2 N–H and O–H groups in total. The number of ether oxygens (including phenoxy) is 2. The molecule has 36 heavy (non-hydrogen) atoms. The first kappa shape index (κ1) is 24.7. The highest BCUT2D eigenvalue weighted by Crippen LogP contribution is 2.30. The van der Waals surface area contributed by atoms with Crippen molar-refractivity contribution in [1.82, 2.24) is 20.4 Å². The number of hydrogen-bond acceptors (Lipinski definition) is 5. The number of aromatic nitrogens is 2. The molecule has 0 fully saturated rings. The van der Waals surface area contributed by atoms with E-state index in [1.807, 2.05) is 49.4 Å². The number of hydrogen-bond donors (Lipinski definition) is 2. The second-order valence-corrected chi connectivity index (χ2v) is 8.33. The molecule has 2 atom stereocenters. The Morgan fingerprint density at radius 1 is 1.06 bits per heavy atom. The normalized spacial score (nSPS) is 12.6. The van der Waals surface area contributed by atoms with Crippen LogP contribution in [0.25, 0.3) is 16.6 Å². The van der Waals surface area contributed by atoms with Crippen LogP contribution >= 0.6 is 0 Å². The summed E-state index contributed by atoms with van der Waals surface area (Å²) in [5.41, 5.74) is 2.39. The first-order valence-electron chi connectivity index (χ1n) is 11.4. The number of halogens is 1. The number of nitrogens with zero attached hydrogens (tertiary/aromatic N) is 2. The summed E-state index contributed by atoms with van der Waals surface area (Å²) < 4.78 is 26.8. The number of methoxy groups -OCH3 is 1. The second kappa shape index (κ2) is 10.9. The van der Waals surface area contributed by atoms with E-state index in [1.54, 1.807) is 30.1 Å². The van der Waals surface area contributed by atoms with Gasteiger partial charge in [0, 0.05) is 12.3 Å². The minimum Gasteiger partial charge on any atom is -0.497 e. The number of benzene rings is 3. The van der Waals surface area contributed by atoms with Crippen molar-refractivity contribution in [2.75, 3.05) is 13.7 Å². The molecule has 0 saturated carbocycles. The monoisotopic (exact) mass is 490 g/mol. The Morgan fingerprint density at radius 2 is 1.83 bits per heavy atom. The van der Waals surface area contributed by atoms with Gasteiger partial charge in [-0.15, -0.1) is 0 Å². The number of nitrogens with one attached hydrogen (secondary N) is 2. The van der Waals surface area contributed by atoms with Gasteiger partial charge in [-0.25, -0.2) is 9.07 Å². The highest BCUT2D eigenvalue weighted by atomic mass is 19.1. The summed E-state index contributed by atoms with van der Waals surface area (Å²) >= 11 is 0. The molecule has 1 heterocycles. The predicted molar refractivity (Wildman–Crippen MR) is 134 cm³/mol. The van der Waals surface area contributed by atoms with Crippen LogP contribution < -0.4 is 20.1 Å². The Kier molecular flexibility index (Phi) is 7.48. The Morgan fingerprint density at radius 3 is 2.56 bits per heavy atom. The predicted octanol–water partition coefficient (Wildman–Crippen LogP) is 3.93. The van der Waals surface area contributed by atoms with Gasteiger partial charge in [0.05, 0.1) is 37.1 Å². The topological polar surface area (TPSA) is 94.5 Å². The van der Waals surface area contributed by atoms with Crippen molar-refractivity contribution in [2.45, 2.75) is 26.0 Å². The summed E-state index contributed by atoms with van der Waals surface area (Å²) in [4.78, 5) is 23.5. The zero-order chi connectivity index (χ0) is 25.7. The lowest BCUT2D eigenvalue weighted by molar-refractivity contribution is -0.125. The first-order chi connectivity index (χ1) is 17.3. The smallest absolute Gasteiger partial charge is 0.239 e. The zero-order valence-electron chi connectivity index (χ0n) is 20.2. The standard InChI is InChI=1S/C27H27FN4O4/c1-17(31-26(34)16-29-18(2)33)27(19-5-4-6-23(13-19)35-3)36-24-11-12-25-20(14-24)15-30-32(25)22-9-7-21(28)8-10-22/h4-15,17,27H,16H2,1-3H3,(H,29,33)(H,31,34)/t17-,27+/m0/s1. The Hall–Kier alpha value is -4.40. The van der Waals surface area contributed by atoms with E-state index >= 15 is 0 Å². The van der Waals surface area contributed by atoms with Crippen molar-refractivity contribution in [3.05, 3.63) is 84.3 Å². The summed E-state index contributed by atoms with van der Waals surface area (Å²) in [7, 11) is 1.58.